The number of nitrogens with zero attached hydrogens (tertiary/aromatic N) is 1. The predicted molar refractivity (Wildman–Crippen MR) is 108 cm³/mol. The maximum atomic E-state index is 12.4. The molecule has 2 aromatic rings. The third-order valence-corrected chi connectivity index (χ3v) is 3.68. The van der Waals surface area contributed by atoms with Crippen molar-refractivity contribution in [3.8, 4) is 0 Å². The molecule has 0 spiro atoms. The zero-order valence-electron chi connectivity index (χ0n) is 16.5. The van der Waals surface area contributed by atoms with Crippen LogP contribution in [0.2, 0.25) is 0 Å². The van der Waals surface area contributed by atoms with Crippen molar-refractivity contribution in [1.29, 1.82) is 0 Å². The van der Waals surface area contributed by atoms with Gasteiger partial charge in [0.2, 0.25) is 0 Å². The standard InChI is InChI=1S/C21H27N3O3/c1-21(2,3)27-20(26)23-17-8-6-7-16(13-17)19(25)22-14-15-9-11-18(12-10-15)24(4)5/h6-13H,14H2,1-5H3,(H,22,25)(H,23,26). The Bertz CT molecular complexity index is 793. The van der Waals surface area contributed by atoms with Gasteiger partial charge in [-0.2, -0.15) is 0 Å². The topological polar surface area (TPSA) is 70.7 Å². The molecule has 0 aliphatic rings. The van der Waals surface area contributed by atoms with Gasteiger partial charge in [-0.3, -0.25) is 10.1 Å². The number of nitrogens with one attached hydrogen (secondary N) is 2. The maximum Gasteiger partial charge on any atom is 0.412 e. The summed E-state index contributed by atoms with van der Waals surface area (Å²) in [7, 11) is 3.96. The van der Waals surface area contributed by atoms with Crippen molar-refractivity contribution in [1.82, 2.24) is 5.32 Å². The van der Waals surface area contributed by atoms with E-state index in [0.29, 0.717) is 17.8 Å². The number of ether oxygens (including phenoxy) is 1. The van der Waals surface area contributed by atoms with Crippen LogP contribution in [0.15, 0.2) is 48.5 Å². The Morgan fingerprint density at radius 1 is 1.04 bits per heavy atom. The fraction of sp³-hybridized carbons (Fsp3) is 0.333. The maximum absolute atomic E-state index is 12.4. The van der Waals surface area contributed by atoms with Crippen molar-refractivity contribution >= 4 is 23.4 Å². The minimum atomic E-state index is -0.582. The molecule has 0 unspecified atom stereocenters. The van der Waals surface area contributed by atoms with Crippen LogP contribution in [0, 0.1) is 0 Å². The van der Waals surface area contributed by atoms with Crippen LogP contribution < -0.4 is 15.5 Å². The van der Waals surface area contributed by atoms with Gasteiger partial charge >= 0.3 is 6.09 Å². The third-order valence-electron chi connectivity index (χ3n) is 3.68. The van der Waals surface area contributed by atoms with Crippen LogP contribution in [0.25, 0.3) is 0 Å². The van der Waals surface area contributed by atoms with E-state index in [-0.39, 0.29) is 5.91 Å². The molecule has 0 bridgehead atoms. The Labute approximate surface area is 160 Å². The smallest absolute Gasteiger partial charge is 0.412 e. The third kappa shape index (κ3) is 6.66. The number of hydrogen-bond donors (Lipinski definition) is 2. The number of carbonyl (C=O) groups is 2. The highest BCUT2D eigenvalue weighted by atomic mass is 16.6. The zero-order chi connectivity index (χ0) is 20.0. The average molecular weight is 369 g/mol. The molecule has 2 rings (SSSR count). The van der Waals surface area contributed by atoms with Gasteiger partial charge in [-0.05, 0) is 56.7 Å². The largest absolute Gasteiger partial charge is 0.444 e. The number of hydrogen-bond acceptors (Lipinski definition) is 4. The zero-order valence-corrected chi connectivity index (χ0v) is 16.5. The average Bonchev–Trinajstić information content (AvgIpc) is 2.58. The van der Waals surface area contributed by atoms with Crippen LogP contribution >= 0.6 is 0 Å². The van der Waals surface area contributed by atoms with Crippen molar-refractivity contribution < 1.29 is 14.3 Å². The summed E-state index contributed by atoms with van der Waals surface area (Å²) in [5.74, 6) is -0.209. The van der Waals surface area contributed by atoms with Crippen molar-refractivity contribution in [3.63, 3.8) is 0 Å². The minimum Gasteiger partial charge on any atom is -0.444 e. The van der Waals surface area contributed by atoms with Gasteiger partial charge in [-0.1, -0.05) is 18.2 Å². The molecule has 0 aromatic heterocycles. The number of anilines is 2. The van der Waals surface area contributed by atoms with E-state index in [2.05, 4.69) is 10.6 Å². The number of benzene rings is 2. The van der Waals surface area contributed by atoms with E-state index in [9.17, 15) is 9.59 Å². The summed E-state index contributed by atoms with van der Waals surface area (Å²) in [5, 5.41) is 5.52. The fourth-order valence-electron chi connectivity index (χ4n) is 2.36. The van der Waals surface area contributed by atoms with Crippen LogP contribution in [-0.4, -0.2) is 31.7 Å². The van der Waals surface area contributed by atoms with Gasteiger partial charge < -0.3 is 15.0 Å². The molecule has 27 heavy (non-hydrogen) atoms. The Kier molecular flexibility index (Phi) is 6.45. The quantitative estimate of drug-likeness (QED) is 0.835. The molecular formula is C21H27N3O3. The van der Waals surface area contributed by atoms with E-state index in [0.717, 1.165) is 11.3 Å². The second-order valence-electron chi connectivity index (χ2n) is 7.45. The Balaban J connectivity index is 1.95. The van der Waals surface area contributed by atoms with Crippen molar-refractivity contribution in [2.24, 2.45) is 0 Å². The van der Waals surface area contributed by atoms with E-state index < -0.39 is 11.7 Å². The molecule has 0 saturated carbocycles. The Morgan fingerprint density at radius 2 is 1.70 bits per heavy atom. The van der Waals surface area contributed by atoms with E-state index in [1.807, 2.05) is 43.3 Å². The van der Waals surface area contributed by atoms with Gasteiger partial charge in [-0.15, -0.1) is 0 Å². The van der Waals surface area contributed by atoms with Crippen molar-refractivity contribution in [2.45, 2.75) is 32.9 Å². The first kappa shape index (κ1) is 20.3. The highest BCUT2D eigenvalue weighted by molar-refractivity contribution is 5.96. The molecular weight excluding hydrogens is 342 g/mol. The molecule has 0 aliphatic carbocycles. The summed E-state index contributed by atoms with van der Waals surface area (Å²) in [6.45, 7) is 5.81. The van der Waals surface area contributed by atoms with Gasteiger partial charge in [-0.25, -0.2) is 4.79 Å². The van der Waals surface area contributed by atoms with E-state index >= 15 is 0 Å². The molecule has 0 heterocycles. The monoisotopic (exact) mass is 369 g/mol. The molecule has 0 atom stereocenters. The first-order chi connectivity index (χ1) is 12.6. The van der Waals surface area contributed by atoms with Crippen molar-refractivity contribution in [2.75, 3.05) is 24.3 Å². The van der Waals surface area contributed by atoms with E-state index in [1.165, 1.54) is 0 Å². The summed E-state index contributed by atoms with van der Waals surface area (Å²) in [6, 6.07) is 14.7. The second kappa shape index (κ2) is 8.58. The number of amides is 2. The molecule has 0 saturated heterocycles. The van der Waals surface area contributed by atoms with E-state index in [1.54, 1.807) is 45.0 Å². The molecule has 2 amide bonds. The molecule has 0 fully saturated rings. The van der Waals surface area contributed by atoms with Gasteiger partial charge in [0.05, 0.1) is 0 Å². The lowest BCUT2D eigenvalue weighted by atomic mass is 10.1. The highest BCUT2D eigenvalue weighted by Crippen LogP contribution is 2.15. The van der Waals surface area contributed by atoms with Gasteiger partial charge in [0.25, 0.3) is 5.91 Å². The summed E-state index contributed by atoms with van der Waals surface area (Å²) >= 11 is 0. The molecule has 0 radical (unpaired) electrons. The summed E-state index contributed by atoms with van der Waals surface area (Å²) in [6.07, 6.45) is -0.555. The lowest BCUT2D eigenvalue weighted by molar-refractivity contribution is 0.0635. The van der Waals surface area contributed by atoms with Gasteiger partial charge in [0, 0.05) is 37.6 Å². The molecule has 2 N–H and O–H groups in total. The number of carbonyl (C=O) groups excluding carboxylic acids is 2. The first-order valence-electron chi connectivity index (χ1n) is 8.78. The fourth-order valence-corrected chi connectivity index (χ4v) is 2.36. The normalized spacial score (nSPS) is 10.9. The minimum absolute atomic E-state index is 0.209. The van der Waals surface area contributed by atoms with Crippen LogP contribution in [0.3, 0.4) is 0 Å². The number of rotatable bonds is 5. The van der Waals surface area contributed by atoms with Crippen molar-refractivity contribution in [3.05, 3.63) is 59.7 Å². The summed E-state index contributed by atoms with van der Waals surface area (Å²) in [5.41, 5.74) is 2.50. The molecule has 144 valence electrons. The highest BCUT2D eigenvalue weighted by Gasteiger charge is 2.16. The molecule has 6 heteroatoms. The van der Waals surface area contributed by atoms with Gasteiger partial charge in [0.1, 0.15) is 5.60 Å². The van der Waals surface area contributed by atoms with Crippen LogP contribution in [0.4, 0.5) is 16.2 Å². The lowest BCUT2D eigenvalue weighted by Crippen LogP contribution is -2.27. The first-order valence-corrected chi connectivity index (χ1v) is 8.78. The second-order valence-corrected chi connectivity index (χ2v) is 7.45. The summed E-state index contributed by atoms with van der Waals surface area (Å²) in [4.78, 5) is 26.3. The predicted octanol–water partition coefficient (Wildman–Crippen LogP) is 4.03. The molecule has 0 aliphatic heterocycles. The van der Waals surface area contributed by atoms with E-state index in [4.69, 9.17) is 4.74 Å². The lowest BCUT2D eigenvalue weighted by Gasteiger charge is -2.19. The molecule has 6 nitrogen and oxygen atoms in total. The summed E-state index contributed by atoms with van der Waals surface area (Å²) < 4.78 is 5.22. The van der Waals surface area contributed by atoms with Gasteiger partial charge in [0.15, 0.2) is 0 Å². The molecule has 2 aromatic carbocycles. The van der Waals surface area contributed by atoms with Crippen LogP contribution in [0.5, 0.6) is 0 Å². The SMILES string of the molecule is CN(C)c1ccc(CNC(=O)c2cccc(NC(=O)OC(C)(C)C)c2)cc1. The van der Waals surface area contributed by atoms with Crippen LogP contribution in [-0.2, 0) is 11.3 Å². The van der Waals surface area contributed by atoms with Crippen LogP contribution in [0.1, 0.15) is 36.7 Å². The Hall–Kier alpha value is -3.02. The Morgan fingerprint density at radius 3 is 2.30 bits per heavy atom.